The summed E-state index contributed by atoms with van der Waals surface area (Å²) in [4.78, 5) is 273. The molecule has 0 aliphatic heterocycles. The number of carboxylic acid groups (broad SMARTS) is 6. The SMILES string of the molecule is CC[C@H](C)[C@H](NC(=O)[C@H](Cc1ccc(O)cc1)NC(=O)[C@@H](N)Cc1ccccc1)C(=O)N[C@@H](Cc1ccccc1)C(=O)N[C@@H](CCC(=O)O)C(=O)N[C@H](C(=O)N[C@@H](Cc1ccccc1)C(=O)N[C@@H](Cc1ccccc1)C(=O)N[C@@H](CCC(N)=O)C(=O)N[C@@H](CCCCN)C(=O)N[C@@H](CCC(=O)O)C(=O)N[C@@H](CCC(=O)O)C(=O)N[C@@H](CC(=O)O)C(=O)N[C@@H](CC(=O)O)C(=O)O)C(C)C. The van der Waals surface area contributed by atoms with Crippen LogP contribution in [0.2, 0.25) is 0 Å². The lowest BCUT2D eigenvalue weighted by molar-refractivity contribution is -0.148. The van der Waals surface area contributed by atoms with Gasteiger partial charge in [-0.3, -0.25) is 91.1 Å². The van der Waals surface area contributed by atoms with Crippen LogP contribution in [-0.4, -0.2) is 245 Å². The number of primary amides is 1. The van der Waals surface area contributed by atoms with Crippen LogP contribution in [0.5, 0.6) is 5.75 Å². The van der Waals surface area contributed by atoms with Gasteiger partial charge in [0.05, 0.1) is 18.9 Å². The molecule has 5 aromatic rings. The van der Waals surface area contributed by atoms with Gasteiger partial charge in [-0.25, -0.2) is 4.79 Å². The van der Waals surface area contributed by atoms with E-state index < -0.39 is 279 Å². The molecule has 0 radical (unpaired) electrons. The highest BCUT2D eigenvalue weighted by atomic mass is 16.4. The smallest absolute Gasteiger partial charge is 0.326 e. The largest absolute Gasteiger partial charge is 0.508 e. The normalized spacial score (nSPS) is 14.4. The lowest BCUT2D eigenvalue weighted by Crippen LogP contribution is -2.62. The number of hydrogen-bond acceptors (Lipinski definition) is 23. The van der Waals surface area contributed by atoms with Crippen molar-refractivity contribution in [3.05, 3.63) is 173 Å². The molecule has 15 atom stereocenters. The number of aliphatic carboxylic acids is 6. The lowest BCUT2D eigenvalue weighted by Gasteiger charge is -2.30. The van der Waals surface area contributed by atoms with Crippen molar-refractivity contribution in [1.82, 2.24) is 69.1 Å². The molecule has 0 fully saturated rings. The number of nitrogens with two attached hydrogens (primary N) is 3. The molecule has 0 aliphatic rings. The fourth-order valence-electron chi connectivity index (χ4n) is 13.6. The molecule has 14 amide bonds. The second-order valence-corrected chi connectivity index (χ2v) is 32.1. The van der Waals surface area contributed by atoms with Crippen molar-refractivity contribution in [2.75, 3.05) is 6.54 Å². The second-order valence-electron chi connectivity index (χ2n) is 32.1. The zero-order valence-corrected chi connectivity index (χ0v) is 73.8. The molecule has 133 heavy (non-hydrogen) atoms. The van der Waals surface area contributed by atoms with Gasteiger partial charge in [-0.05, 0) is 110 Å². The van der Waals surface area contributed by atoms with Crippen molar-refractivity contribution >= 4 is 119 Å². The van der Waals surface area contributed by atoms with E-state index in [1.54, 1.807) is 140 Å². The van der Waals surface area contributed by atoms with Gasteiger partial charge in [0.1, 0.15) is 84.3 Å². The van der Waals surface area contributed by atoms with Gasteiger partial charge in [0.2, 0.25) is 82.7 Å². The number of unbranched alkanes of at least 4 members (excludes halogenated alkanes) is 1. The van der Waals surface area contributed by atoms with Crippen molar-refractivity contribution in [3.63, 3.8) is 0 Å². The first kappa shape index (κ1) is 109. The molecular weight excluding hydrogens is 1740 g/mol. The number of aromatic hydroxyl groups is 1. The molecule has 0 spiro atoms. The molecule has 0 saturated carbocycles. The highest BCUT2D eigenvalue weighted by Gasteiger charge is 2.41. The van der Waals surface area contributed by atoms with Crippen LogP contribution in [0, 0.1) is 11.8 Å². The predicted octanol–water partition coefficient (Wildman–Crippen LogP) is -1.74. The molecule has 5 rings (SSSR count). The Kier molecular flexibility index (Phi) is 45.7. The molecule has 0 unspecified atom stereocenters. The van der Waals surface area contributed by atoms with E-state index in [1.807, 2.05) is 5.32 Å². The first-order chi connectivity index (χ1) is 63.0. The van der Waals surface area contributed by atoms with E-state index in [-0.39, 0.29) is 70.1 Å². The van der Waals surface area contributed by atoms with Gasteiger partial charge in [-0.15, -0.1) is 0 Å². The third kappa shape index (κ3) is 39.6. The van der Waals surface area contributed by atoms with E-state index in [1.165, 1.54) is 38.1 Å². The minimum absolute atomic E-state index is 0.0138. The van der Waals surface area contributed by atoms with Crippen molar-refractivity contribution in [1.29, 1.82) is 0 Å². The average Bonchev–Trinajstić information content (AvgIpc) is 0.839. The predicted molar refractivity (Wildman–Crippen MR) is 474 cm³/mol. The van der Waals surface area contributed by atoms with Crippen molar-refractivity contribution in [3.8, 4) is 5.75 Å². The summed E-state index contributed by atoms with van der Waals surface area (Å²) in [5, 5.41) is 99.5. The first-order valence-electron chi connectivity index (χ1n) is 43.0. The van der Waals surface area contributed by atoms with Crippen LogP contribution in [0.25, 0.3) is 0 Å². The fraction of sp³-hybridized carbons (Fsp3) is 0.444. The van der Waals surface area contributed by atoms with E-state index in [9.17, 15) is 117 Å². The van der Waals surface area contributed by atoms with E-state index >= 15 is 14.4 Å². The lowest BCUT2D eigenvalue weighted by atomic mass is 9.96. The standard InChI is InChI=1S/C90H118N16O27/c1-5-50(4)76(106-87(129)66(46-55-29-31-56(107)32-30-55)99-77(119)57(92)42-51-20-10-6-11-21-51)89(131)103-64(44-53-24-14-8-15-25-53)84(126)98-62(36-40-72(113)114)82(124)105-75(49(2)3)88(130)102-65(45-54-26-16-9-17-27-54)85(127)100-63(43-52-22-12-7-13-23-52)83(125)97-59(33-37-69(93)108)79(121)94-58(28-18-19-41-91)78(120)95-60(34-38-70(109)110)80(122)96-61(35-39-71(111)112)81(123)101-67(47-73(115)116)86(128)104-68(90(132)133)48-74(117)118/h6-17,20-27,29-32,49-50,57-68,75-76,107H,5,18-19,28,33-48,91-92H2,1-4H3,(H2,93,108)(H,94,121)(H,95,120)(H,96,122)(H,97,125)(H,98,126)(H,99,119)(H,100,127)(H,101,123)(H,102,130)(H,103,131)(H,104,128)(H,105,124)(H,106,129)(H,109,110)(H,111,112)(H,113,114)(H,115,116)(H,117,118)(H,132,133)/t50-,57-,58-,59-,60-,61-,62-,63-,64-,65-,66-,67-,68-,75-,76-/m0/s1. The van der Waals surface area contributed by atoms with Gasteiger partial charge in [0, 0.05) is 51.4 Å². The quantitative estimate of drug-likeness (QED) is 0.0192. The maximum atomic E-state index is 15.2. The minimum Gasteiger partial charge on any atom is -0.508 e. The van der Waals surface area contributed by atoms with Gasteiger partial charge in [-0.2, -0.15) is 0 Å². The molecule has 0 aromatic heterocycles. The average molecular weight is 1860 g/mol. The molecule has 0 bridgehead atoms. The summed E-state index contributed by atoms with van der Waals surface area (Å²) >= 11 is 0. The summed E-state index contributed by atoms with van der Waals surface area (Å²) in [6.07, 6.45) is -9.43. The Balaban J connectivity index is 1.45. The van der Waals surface area contributed by atoms with Crippen LogP contribution in [0.3, 0.4) is 0 Å². The maximum absolute atomic E-state index is 15.2. The maximum Gasteiger partial charge on any atom is 0.326 e. The molecule has 43 heteroatoms. The summed E-state index contributed by atoms with van der Waals surface area (Å²) in [6, 6.07) is 14.7. The number of benzene rings is 5. The Morgan fingerprint density at radius 3 is 0.902 bits per heavy atom. The van der Waals surface area contributed by atoms with Crippen molar-refractivity contribution < 1.29 is 132 Å². The van der Waals surface area contributed by atoms with Gasteiger partial charge >= 0.3 is 35.8 Å². The van der Waals surface area contributed by atoms with Gasteiger partial charge in [0.25, 0.3) is 0 Å². The van der Waals surface area contributed by atoms with Crippen LogP contribution in [0.4, 0.5) is 0 Å². The zero-order valence-electron chi connectivity index (χ0n) is 73.8. The molecule has 0 aliphatic carbocycles. The molecule has 720 valence electrons. The minimum atomic E-state index is -2.22. The summed E-state index contributed by atoms with van der Waals surface area (Å²) in [6.45, 7) is 6.42. The molecule has 0 saturated heterocycles. The number of nitrogens with one attached hydrogen (secondary N) is 13. The van der Waals surface area contributed by atoms with E-state index in [2.05, 4.69) is 58.5 Å². The number of rotatable bonds is 60. The zero-order chi connectivity index (χ0) is 98.6. The Morgan fingerprint density at radius 2 is 0.564 bits per heavy atom. The van der Waals surface area contributed by atoms with Gasteiger partial charge < -0.3 is 122 Å². The molecular formula is C90H118N16O27. The monoisotopic (exact) mass is 1850 g/mol. The summed E-state index contributed by atoms with van der Waals surface area (Å²) in [7, 11) is 0. The first-order valence-corrected chi connectivity index (χ1v) is 43.0. The van der Waals surface area contributed by atoms with Gasteiger partial charge in [-0.1, -0.05) is 168 Å². The molecule has 5 aromatic carbocycles. The summed E-state index contributed by atoms with van der Waals surface area (Å²) in [5.41, 5.74) is 20.3. The number of hydrogen-bond donors (Lipinski definition) is 23. The Hall–Kier alpha value is -14.8. The number of carbonyl (C=O) groups is 20. The second kappa shape index (κ2) is 56.0. The van der Waals surface area contributed by atoms with E-state index in [4.69, 9.17) is 17.2 Å². The number of phenolic OH excluding ortho intramolecular Hbond substituents is 1. The number of phenols is 1. The highest BCUT2D eigenvalue weighted by molar-refractivity contribution is 6.01. The number of carboxylic acids is 6. The van der Waals surface area contributed by atoms with Gasteiger partial charge in [0.15, 0.2) is 0 Å². The van der Waals surface area contributed by atoms with Crippen molar-refractivity contribution in [2.24, 2.45) is 29.0 Å². The summed E-state index contributed by atoms with van der Waals surface area (Å²) < 4.78 is 0. The van der Waals surface area contributed by atoms with Crippen LogP contribution in [0.15, 0.2) is 146 Å². The van der Waals surface area contributed by atoms with Crippen LogP contribution in [0.1, 0.15) is 145 Å². The number of carbonyl (C=O) groups excluding carboxylic acids is 14. The number of amides is 14. The Bertz CT molecular complexity index is 4830. The van der Waals surface area contributed by atoms with Crippen LogP contribution < -0.4 is 86.3 Å². The molecule has 26 N–H and O–H groups in total. The van der Waals surface area contributed by atoms with Crippen LogP contribution in [-0.2, 0) is 128 Å². The third-order valence-electron chi connectivity index (χ3n) is 21.2. The molecule has 0 heterocycles. The molecule has 43 nitrogen and oxygen atoms in total. The third-order valence-corrected chi connectivity index (χ3v) is 21.2. The Morgan fingerprint density at radius 1 is 0.293 bits per heavy atom. The highest BCUT2D eigenvalue weighted by Crippen LogP contribution is 2.19. The van der Waals surface area contributed by atoms with E-state index in [0.717, 1.165) is 5.56 Å². The topological polar surface area (TPSA) is 717 Å². The van der Waals surface area contributed by atoms with Crippen molar-refractivity contribution in [2.45, 2.75) is 234 Å². The summed E-state index contributed by atoms with van der Waals surface area (Å²) in [5.74, 6) is -27.3. The fourth-order valence-corrected chi connectivity index (χ4v) is 13.6. The van der Waals surface area contributed by atoms with E-state index in [0.29, 0.717) is 22.3 Å². The Labute approximate surface area is 765 Å². The van der Waals surface area contributed by atoms with Crippen LogP contribution >= 0.6 is 0 Å².